The van der Waals surface area contributed by atoms with Crippen LogP contribution in [0, 0.1) is 11.3 Å². The van der Waals surface area contributed by atoms with Crippen molar-refractivity contribution >= 4 is 5.97 Å². The predicted molar refractivity (Wildman–Crippen MR) is 34.8 cm³/mol. The molecule has 4 heteroatoms. The molecule has 0 saturated heterocycles. The number of nitriles is 1. The van der Waals surface area contributed by atoms with Crippen LogP contribution in [0.15, 0.2) is 16.7 Å². The standard InChI is InChI=1S/C7H5NO3/c1-10-7(9)5-2-3-11-6(5)4-8/h2-3H,1H3. The summed E-state index contributed by atoms with van der Waals surface area (Å²) in [4.78, 5) is 10.8. The van der Waals surface area contributed by atoms with Crippen molar-refractivity contribution in [3.63, 3.8) is 0 Å². The number of carbonyl (C=O) groups is 1. The molecule has 0 aliphatic heterocycles. The van der Waals surface area contributed by atoms with Gasteiger partial charge in [-0.2, -0.15) is 5.26 Å². The van der Waals surface area contributed by atoms with Crippen LogP contribution in [0.25, 0.3) is 0 Å². The van der Waals surface area contributed by atoms with E-state index in [1.54, 1.807) is 6.07 Å². The quantitative estimate of drug-likeness (QED) is 0.560. The molecule has 0 aliphatic rings. The van der Waals surface area contributed by atoms with Gasteiger partial charge in [-0.25, -0.2) is 4.79 Å². The molecule has 0 saturated carbocycles. The molecule has 4 nitrogen and oxygen atoms in total. The molecule has 1 heterocycles. The van der Waals surface area contributed by atoms with Gasteiger partial charge in [-0.05, 0) is 6.07 Å². The lowest BCUT2D eigenvalue weighted by atomic mass is 10.3. The molecule has 11 heavy (non-hydrogen) atoms. The number of methoxy groups -OCH3 is 1. The lowest BCUT2D eigenvalue weighted by molar-refractivity contribution is 0.0599. The molecule has 0 N–H and O–H groups in total. The largest absolute Gasteiger partial charge is 0.465 e. The molecule has 1 aromatic rings. The summed E-state index contributed by atoms with van der Waals surface area (Å²) < 4.78 is 9.06. The van der Waals surface area contributed by atoms with Gasteiger partial charge in [0.1, 0.15) is 11.6 Å². The topological polar surface area (TPSA) is 63.2 Å². The summed E-state index contributed by atoms with van der Waals surface area (Å²) in [7, 11) is 1.25. The van der Waals surface area contributed by atoms with E-state index in [0.717, 1.165) is 0 Å². The van der Waals surface area contributed by atoms with Crippen LogP contribution >= 0.6 is 0 Å². The Morgan fingerprint density at radius 3 is 3.09 bits per heavy atom. The zero-order valence-corrected chi connectivity index (χ0v) is 5.83. The molecule has 0 spiro atoms. The fourth-order valence-corrected chi connectivity index (χ4v) is 0.667. The smallest absolute Gasteiger partial charge is 0.342 e. The maximum absolute atomic E-state index is 10.8. The normalized spacial score (nSPS) is 8.73. The van der Waals surface area contributed by atoms with Crippen molar-refractivity contribution in [3.8, 4) is 6.07 Å². The third-order valence-corrected chi connectivity index (χ3v) is 1.17. The molecule has 0 radical (unpaired) electrons. The first-order valence-electron chi connectivity index (χ1n) is 2.85. The molecule has 0 aliphatic carbocycles. The Kier molecular flexibility index (Phi) is 1.93. The van der Waals surface area contributed by atoms with Crippen LogP contribution in [-0.2, 0) is 4.74 Å². The van der Waals surface area contributed by atoms with Gasteiger partial charge in [-0.1, -0.05) is 0 Å². The third kappa shape index (κ3) is 1.22. The highest BCUT2D eigenvalue weighted by atomic mass is 16.5. The van der Waals surface area contributed by atoms with E-state index in [-0.39, 0.29) is 11.3 Å². The van der Waals surface area contributed by atoms with E-state index in [4.69, 9.17) is 5.26 Å². The predicted octanol–water partition coefficient (Wildman–Crippen LogP) is 0.938. The second-order valence-electron chi connectivity index (χ2n) is 1.77. The number of carbonyl (C=O) groups excluding carboxylic acids is 1. The number of hydrogen-bond donors (Lipinski definition) is 0. The van der Waals surface area contributed by atoms with Crippen LogP contribution in [0.3, 0.4) is 0 Å². The zero-order chi connectivity index (χ0) is 8.27. The molecule has 0 aromatic carbocycles. The summed E-state index contributed by atoms with van der Waals surface area (Å²) in [6, 6.07) is 3.12. The van der Waals surface area contributed by atoms with Gasteiger partial charge >= 0.3 is 5.97 Å². The Labute approximate surface area is 63.0 Å². The van der Waals surface area contributed by atoms with Crippen molar-refractivity contribution in [1.82, 2.24) is 0 Å². The van der Waals surface area contributed by atoms with E-state index in [1.165, 1.54) is 19.4 Å². The van der Waals surface area contributed by atoms with Crippen LogP contribution in [0.1, 0.15) is 16.1 Å². The second kappa shape index (κ2) is 2.88. The Morgan fingerprint density at radius 1 is 1.82 bits per heavy atom. The third-order valence-electron chi connectivity index (χ3n) is 1.17. The average Bonchev–Trinajstić information content (AvgIpc) is 2.50. The highest BCUT2D eigenvalue weighted by molar-refractivity contribution is 5.91. The van der Waals surface area contributed by atoms with Gasteiger partial charge < -0.3 is 9.15 Å². The maximum Gasteiger partial charge on any atom is 0.342 e. The van der Waals surface area contributed by atoms with E-state index in [1.807, 2.05) is 0 Å². The molecular weight excluding hydrogens is 146 g/mol. The summed E-state index contributed by atoms with van der Waals surface area (Å²) >= 11 is 0. The molecule has 0 unspecified atom stereocenters. The fraction of sp³-hybridized carbons (Fsp3) is 0.143. The van der Waals surface area contributed by atoms with Crippen molar-refractivity contribution in [3.05, 3.63) is 23.7 Å². The molecule has 0 amide bonds. The maximum atomic E-state index is 10.8. The van der Waals surface area contributed by atoms with Gasteiger partial charge in [0, 0.05) is 0 Å². The van der Waals surface area contributed by atoms with Crippen LogP contribution < -0.4 is 0 Å². The van der Waals surface area contributed by atoms with Gasteiger partial charge in [0.05, 0.1) is 13.4 Å². The SMILES string of the molecule is COC(=O)c1ccoc1C#N. The van der Waals surface area contributed by atoms with E-state index in [9.17, 15) is 4.79 Å². The summed E-state index contributed by atoms with van der Waals surface area (Å²) in [6.07, 6.45) is 1.27. The van der Waals surface area contributed by atoms with Crippen molar-refractivity contribution in [2.24, 2.45) is 0 Å². The minimum Gasteiger partial charge on any atom is -0.465 e. The van der Waals surface area contributed by atoms with Gasteiger partial charge in [0.25, 0.3) is 0 Å². The molecule has 0 bridgehead atoms. The Hall–Kier alpha value is -1.76. The van der Waals surface area contributed by atoms with Crippen LogP contribution in [0.5, 0.6) is 0 Å². The highest BCUT2D eigenvalue weighted by Crippen LogP contribution is 2.09. The first kappa shape index (κ1) is 7.35. The van der Waals surface area contributed by atoms with E-state index >= 15 is 0 Å². The molecular formula is C7H5NO3. The first-order valence-corrected chi connectivity index (χ1v) is 2.85. The van der Waals surface area contributed by atoms with Crippen molar-refractivity contribution in [2.75, 3.05) is 7.11 Å². The van der Waals surface area contributed by atoms with E-state index in [0.29, 0.717) is 0 Å². The van der Waals surface area contributed by atoms with Crippen molar-refractivity contribution in [1.29, 1.82) is 5.26 Å². The van der Waals surface area contributed by atoms with Gasteiger partial charge in [0.15, 0.2) is 0 Å². The average molecular weight is 151 g/mol. The van der Waals surface area contributed by atoms with Crippen LogP contribution in [0.2, 0.25) is 0 Å². The Bertz CT molecular complexity index is 308. The number of ether oxygens (including phenoxy) is 1. The monoisotopic (exact) mass is 151 g/mol. The molecule has 0 fully saturated rings. The number of rotatable bonds is 1. The number of nitrogens with zero attached hydrogens (tertiary/aromatic N) is 1. The summed E-state index contributed by atoms with van der Waals surface area (Å²) in [5.41, 5.74) is 0.162. The van der Waals surface area contributed by atoms with Gasteiger partial charge in [-0.15, -0.1) is 0 Å². The van der Waals surface area contributed by atoms with Gasteiger partial charge in [-0.3, -0.25) is 0 Å². The lowest BCUT2D eigenvalue weighted by Gasteiger charge is -1.92. The first-order chi connectivity index (χ1) is 5.29. The summed E-state index contributed by atoms with van der Waals surface area (Å²) in [5.74, 6) is -0.577. The van der Waals surface area contributed by atoms with E-state index < -0.39 is 5.97 Å². The molecule has 56 valence electrons. The van der Waals surface area contributed by atoms with Crippen LogP contribution in [-0.4, -0.2) is 13.1 Å². The summed E-state index contributed by atoms with van der Waals surface area (Å²) in [5, 5.41) is 8.40. The molecule has 1 rings (SSSR count). The van der Waals surface area contributed by atoms with E-state index in [2.05, 4.69) is 9.15 Å². The summed E-state index contributed by atoms with van der Waals surface area (Å²) in [6.45, 7) is 0. The van der Waals surface area contributed by atoms with Crippen LogP contribution in [0.4, 0.5) is 0 Å². The molecule has 0 atom stereocenters. The minimum absolute atomic E-state index is 0.0168. The van der Waals surface area contributed by atoms with Crippen molar-refractivity contribution < 1.29 is 13.9 Å². The number of esters is 1. The molecule has 1 aromatic heterocycles. The zero-order valence-electron chi connectivity index (χ0n) is 5.83. The second-order valence-corrected chi connectivity index (χ2v) is 1.77. The number of furan rings is 1. The fourth-order valence-electron chi connectivity index (χ4n) is 0.667. The lowest BCUT2D eigenvalue weighted by Crippen LogP contribution is -2.00. The Balaban J connectivity index is 3.05. The minimum atomic E-state index is -0.560. The number of hydrogen-bond acceptors (Lipinski definition) is 4. The highest BCUT2D eigenvalue weighted by Gasteiger charge is 2.13. The Morgan fingerprint density at radius 2 is 2.55 bits per heavy atom. The van der Waals surface area contributed by atoms with Gasteiger partial charge in [0.2, 0.25) is 5.76 Å². The van der Waals surface area contributed by atoms with Crippen molar-refractivity contribution in [2.45, 2.75) is 0 Å².